The summed E-state index contributed by atoms with van der Waals surface area (Å²) >= 11 is 0. The highest BCUT2D eigenvalue weighted by Crippen LogP contribution is 2.32. The van der Waals surface area contributed by atoms with Crippen molar-refractivity contribution in [2.24, 2.45) is 0 Å². The van der Waals surface area contributed by atoms with Gasteiger partial charge in [0.1, 0.15) is 0 Å². The maximum absolute atomic E-state index is 3.95. The molecule has 0 aromatic carbocycles. The van der Waals surface area contributed by atoms with Crippen molar-refractivity contribution in [1.82, 2.24) is 0 Å². The van der Waals surface area contributed by atoms with E-state index in [0.717, 1.165) is 0 Å². The van der Waals surface area contributed by atoms with Crippen LogP contribution in [-0.4, -0.2) is 47.0 Å². The Morgan fingerprint density at radius 3 is 1.64 bits per heavy atom. The largest absolute Gasteiger partial charge is 0.482 e. The maximum atomic E-state index is 3.95. The number of quaternary nitrogens is 2. The van der Waals surface area contributed by atoms with Crippen LogP contribution in [0.5, 0.6) is 0 Å². The lowest BCUT2D eigenvalue weighted by Gasteiger charge is -2.60. The first kappa shape index (κ1) is 9.18. The summed E-state index contributed by atoms with van der Waals surface area (Å²) in [6.45, 7) is 8.86. The van der Waals surface area contributed by atoms with Crippen molar-refractivity contribution in [3.8, 4) is 0 Å². The van der Waals surface area contributed by atoms with E-state index >= 15 is 0 Å². The Hall–Kier alpha value is 0.0938. The topological polar surface area (TPSA) is 0 Å². The average molecular weight is 188 g/mol. The van der Waals surface area contributed by atoms with Crippen LogP contribution < -0.4 is 0 Å². The summed E-state index contributed by atoms with van der Waals surface area (Å²) in [5, 5.41) is 0. The Balaban J connectivity index is 2.87. The van der Waals surface area contributed by atoms with Gasteiger partial charge in [-0.25, -0.2) is 0 Å². The minimum absolute atomic E-state index is 0.647. The van der Waals surface area contributed by atoms with Crippen LogP contribution in [0.25, 0.3) is 0 Å². The molecule has 1 aliphatic rings. The molecule has 0 spiro atoms. The normalized spacial score (nSPS) is 48.1. The van der Waals surface area contributed by atoms with Crippen LogP contribution in [0.2, 0.25) is 13.1 Å². The number of hydrogen-bond donors (Lipinski definition) is 0. The zero-order chi connectivity index (χ0) is 8.86. The van der Waals surface area contributed by atoms with Gasteiger partial charge in [-0.2, -0.15) is 0 Å². The van der Waals surface area contributed by atoms with Crippen molar-refractivity contribution in [2.75, 3.05) is 21.1 Å². The van der Waals surface area contributed by atoms with Crippen molar-refractivity contribution >= 4 is 18.2 Å². The van der Waals surface area contributed by atoms with Gasteiger partial charge in [0.25, 0.3) is 0 Å². The molecule has 4 heteroatoms. The molecule has 2 nitrogen and oxygen atoms in total. The van der Waals surface area contributed by atoms with E-state index in [1.165, 1.54) is 7.63 Å². The van der Waals surface area contributed by atoms with Crippen LogP contribution in [-0.2, 0) is 0 Å². The first-order chi connectivity index (χ1) is 4.87. The summed E-state index contributed by atoms with van der Waals surface area (Å²) in [5.41, 5.74) is 0. The molecule has 1 saturated heterocycles. The Morgan fingerprint density at radius 2 is 1.45 bits per heavy atom. The SMILES string of the molecule is C=C[N+]1(C)[SiH](C)[N+](C)(C)[SiH]1C. The first-order valence-electron chi connectivity index (χ1n) is 4.20. The Bertz CT molecular complexity index is 179. The quantitative estimate of drug-likeness (QED) is 0.522. The highest BCUT2D eigenvalue weighted by atomic mass is 28.4. The molecule has 2 atom stereocenters. The fourth-order valence-electron chi connectivity index (χ4n) is 2.14. The smallest absolute Gasteiger partial charge is 0.360 e. The van der Waals surface area contributed by atoms with Crippen molar-refractivity contribution in [3.63, 3.8) is 0 Å². The Kier molecular flexibility index (Phi) is 1.91. The highest BCUT2D eigenvalue weighted by molar-refractivity contribution is 6.69. The van der Waals surface area contributed by atoms with Crippen LogP contribution in [0.3, 0.4) is 0 Å². The average Bonchev–Trinajstić information content (AvgIpc) is 2.00. The van der Waals surface area contributed by atoms with Gasteiger partial charge in [0.2, 0.25) is 0 Å². The zero-order valence-corrected chi connectivity index (χ0v) is 10.6. The van der Waals surface area contributed by atoms with E-state index in [2.05, 4.69) is 47.0 Å². The second-order valence-corrected chi connectivity index (χ2v) is 12.9. The van der Waals surface area contributed by atoms with Gasteiger partial charge in [-0.15, -0.1) is 0 Å². The predicted octanol–water partition coefficient (Wildman–Crippen LogP) is 0.367. The predicted molar refractivity (Wildman–Crippen MR) is 54.5 cm³/mol. The van der Waals surface area contributed by atoms with E-state index < -0.39 is 18.2 Å². The fraction of sp³-hybridized carbons (Fsp3) is 0.714. The van der Waals surface area contributed by atoms with Gasteiger partial charge in [0, 0.05) is 34.2 Å². The van der Waals surface area contributed by atoms with Gasteiger partial charge in [0.15, 0.2) is 0 Å². The molecule has 0 aromatic rings. The van der Waals surface area contributed by atoms with Crippen molar-refractivity contribution in [3.05, 3.63) is 12.8 Å². The third-order valence-corrected chi connectivity index (χ3v) is 16.6. The summed E-state index contributed by atoms with van der Waals surface area (Å²) in [6, 6.07) is 0. The van der Waals surface area contributed by atoms with E-state index in [-0.39, 0.29) is 0 Å². The van der Waals surface area contributed by atoms with E-state index in [0.29, 0.717) is 0 Å². The molecule has 0 N–H and O–H groups in total. The molecule has 1 aliphatic heterocycles. The van der Waals surface area contributed by atoms with Gasteiger partial charge in [-0.3, -0.25) is 0 Å². The highest BCUT2D eigenvalue weighted by Gasteiger charge is 2.67. The molecule has 1 rings (SSSR count). The van der Waals surface area contributed by atoms with Crippen LogP contribution in [0, 0.1) is 0 Å². The van der Waals surface area contributed by atoms with Crippen molar-refractivity contribution in [2.45, 2.75) is 13.1 Å². The Labute approximate surface area is 73.4 Å². The van der Waals surface area contributed by atoms with Crippen LogP contribution in [0.1, 0.15) is 0 Å². The van der Waals surface area contributed by atoms with E-state index in [4.69, 9.17) is 0 Å². The fourth-order valence-corrected chi connectivity index (χ4v) is 13.1. The molecule has 11 heavy (non-hydrogen) atoms. The molecule has 0 bridgehead atoms. The molecule has 0 amide bonds. The molecular weight excluding hydrogens is 168 g/mol. The van der Waals surface area contributed by atoms with Gasteiger partial charge < -0.3 is 7.63 Å². The van der Waals surface area contributed by atoms with Gasteiger partial charge in [-0.1, -0.05) is 0 Å². The summed E-state index contributed by atoms with van der Waals surface area (Å²) < 4.78 is 2.65. The van der Waals surface area contributed by atoms with Gasteiger partial charge in [0.05, 0.1) is 6.20 Å². The minimum Gasteiger partial charge on any atom is -0.360 e. The molecule has 0 saturated carbocycles. The van der Waals surface area contributed by atoms with Crippen molar-refractivity contribution in [1.29, 1.82) is 0 Å². The zero-order valence-electron chi connectivity index (χ0n) is 8.33. The third-order valence-electron chi connectivity index (χ3n) is 3.93. The minimum atomic E-state index is -0.647. The molecule has 64 valence electrons. The number of rotatable bonds is 1. The van der Waals surface area contributed by atoms with E-state index in [1.807, 2.05) is 0 Å². The third kappa shape index (κ3) is 0.901. The standard InChI is InChI=1S/C7H20N2Si2/c1-7-9(4)10(5)8(2,3)11(9)6/h7,10-11H,1H2,2-6H3/q+2. The lowest BCUT2D eigenvalue weighted by atomic mass is 11.0. The summed E-state index contributed by atoms with van der Waals surface area (Å²) in [7, 11) is 5.87. The molecule has 0 radical (unpaired) electrons. The summed E-state index contributed by atoms with van der Waals surface area (Å²) in [5.74, 6) is 0. The lowest BCUT2D eigenvalue weighted by Crippen LogP contribution is -2.89. The maximum Gasteiger partial charge on any atom is 0.482 e. The van der Waals surface area contributed by atoms with E-state index in [1.54, 1.807) is 0 Å². The van der Waals surface area contributed by atoms with Gasteiger partial charge in [-0.05, 0) is 6.58 Å². The van der Waals surface area contributed by atoms with Crippen LogP contribution >= 0.6 is 0 Å². The summed E-state index contributed by atoms with van der Waals surface area (Å²) in [6.07, 6.45) is 2.18. The monoisotopic (exact) mass is 188 g/mol. The molecular formula is C7H20N2Si2+2. The molecule has 1 fully saturated rings. The van der Waals surface area contributed by atoms with Gasteiger partial charge >= 0.3 is 18.2 Å². The second kappa shape index (κ2) is 2.29. The van der Waals surface area contributed by atoms with Crippen molar-refractivity contribution < 1.29 is 7.63 Å². The lowest BCUT2D eigenvalue weighted by molar-refractivity contribution is -0.895. The second-order valence-electron chi connectivity index (χ2n) is 4.30. The molecule has 1 heterocycles. The summed E-state index contributed by atoms with van der Waals surface area (Å²) in [4.78, 5) is 0. The first-order valence-corrected chi connectivity index (χ1v) is 8.57. The van der Waals surface area contributed by atoms with Crippen LogP contribution in [0.15, 0.2) is 12.8 Å². The molecule has 0 aromatic heterocycles. The molecule has 2 unspecified atom stereocenters. The Morgan fingerprint density at radius 1 is 1.09 bits per heavy atom. The van der Waals surface area contributed by atoms with E-state index in [9.17, 15) is 0 Å². The van der Waals surface area contributed by atoms with Crippen LogP contribution in [0.4, 0.5) is 0 Å². The number of nitrogens with zero attached hydrogens (tertiary/aromatic N) is 2. The number of hydrogen-bond acceptors (Lipinski definition) is 0. The molecule has 0 aliphatic carbocycles.